The maximum Gasteiger partial charge on any atom is 0.332 e. The number of amides is 1. The smallest absolute Gasteiger partial charge is 0.324 e. The molecule has 1 atom stereocenters. The van der Waals surface area contributed by atoms with Gasteiger partial charge in [0.2, 0.25) is 5.91 Å². The predicted molar refractivity (Wildman–Crippen MR) is 99.7 cm³/mol. The quantitative estimate of drug-likeness (QED) is 0.725. The van der Waals surface area contributed by atoms with Crippen molar-refractivity contribution in [3.05, 3.63) is 56.0 Å². The largest absolute Gasteiger partial charge is 0.332 e. The molecule has 1 N–H and O–H groups in total. The molecule has 0 saturated heterocycles. The van der Waals surface area contributed by atoms with Crippen molar-refractivity contribution in [2.75, 3.05) is 5.32 Å². The van der Waals surface area contributed by atoms with Crippen LogP contribution in [0.1, 0.15) is 18.5 Å². The summed E-state index contributed by atoms with van der Waals surface area (Å²) in [6.45, 7) is 1.60. The summed E-state index contributed by atoms with van der Waals surface area (Å²) in [7, 11) is 2.87. The van der Waals surface area contributed by atoms with Gasteiger partial charge in [-0.3, -0.25) is 18.7 Å². The van der Waals surface area contributed by atoms with E-state index in [-0.39, 0.29) is 16.2 Å². The molecule has 0 spiro atoms. The third-order valence-corrected chi connectivity index (χ3v) is 4.64. The van der Waals surface area contributed by atoms with E-state index < -0.39 is 23.2 Å². The molecule has 138 valence electrons. The predicted octanol–water partition coefficient (Wildman–Crippen LogP) is 1.16. The zero-order valence-electron chi connectivity index (χ0n) is 14.7. The second kappa shape index (κ2) is 6.74. The lowest BCUT2D eigenvalue weighted by Crippen LogP contribution is -2.38. The second-order valence-electron chi connectivity index (χ2n) is 6.00. The van der Waals surface area contributed by atoms with Gasteiger partial charge in [0, 0.05) is 19.8 Å². The van der Waals surface area contributed by atoms with Crippen LogP contribution in [0.15, 0.2) is 34.1 Å². The number of anilines is 1. The van der Waals surface area contributed by atoms with Crippen LogP contribution in [0, 0.1) is 11.3 Å². The lowest BCUT2D eigenvalue weighted by molar-refractivity contribution is -0.118. The van der Waals surface area contributed by atoms with Crippen LogP contribution in [0.4, 0.5) is 5.69 Å². The summed E-state index contributed by atoms with van der Waals surface area (Å²) < 4.78 is 3.63. The topological polar surface area (TPSA) is 115 Å². The highest BCUT2D eigenvalue weighted by atomic mass is 35.5. The fourth-order valence-electron chi connectivity index (χ4n) is 2.71. The summed E-state index contributed by atoms with van der Waals surface area (Å²) in [4.78, 5) is 41.2. The van der Waals surface area contributed by atoms with Crippen molar-refractivity contribution in [3.8, 4) is 6.07 Å². The Balaban J connectivity index is 1.99. The van der Waals surface area contributed by atoms with Gasteiger partial charge in [0.25, 0.3) is 5.56 Å². The van der Waals surface area contributed by atoms with E-state index in [4.69, 9.17) is 16.9 Å². The standard InChI is InChI=1S/C17H15ClN6O3/c1-9(15(25)21-11-5-4-10(7-19)12(18)6-11)24-8-20-14-13(24)16(26)23(3)17(27)22(14)2/h4-6,8-9H,1-3H3,(H,21,25). The van der Waals surface area contributed by atoms with Crippen molar-refractivity contribution >= 4 is 34.4 Å². The minimum Gasteiger partial charge on any atom is -0.324 e. The molecule has 0 aliphatic rings. The number of nitriles is 1. The number of carbonyl (C=O) groups is 1. The molecule has 0 saturated carbocycles. The molecule has 3 rings (SSSR count). The molecule has 0 radical (unpaired) electrons. The molecule has 1 amide bonds. The minimum atomic E-state index is -0.783. The Hall–Kier alpha value is -3.38. The monoisotopic (exact) mass is 386 g/mol. The van der Waals surface area contributed by atoms with E-state index in [0.29, 0.717) is 11.3 Å². The average Bonchev–Trinajstić information content (AvgIpc) is 3.09. The van der Waals surface area contributed by atoms with Crippen LogP contribution in [0.5, 0.6) is 0 Å². The highest BCUT2D eigenvalue weighted by Gasteiger charge is 2.22. The summed E-state index contributed by atoms with van der Waals surface area (Å²) in [5.41, 5.74) is 0.0336. The van der Waals surface area contributed by atoms with E-state index >= 15 is 0 Å². The zero-order chi connectivity index (χ0) is 19.9. The van der Waals surface area contributed by atoms with E-state index in [9.17, 15) is 14.4 Å². The molecule has 3 aromatic rings. The van der Waals surface area contributed by atoms with Gasteiger partial charge in [0.1, 0.15) is 12.1 Å². The molecular formula is C17H15ClN6O3. The molecule has 27 heavy (non-hydrogen) atoms. The number of halogens is 1. The summed E-state index contributed by atoms with van der Waals surface area (Å²) in [6, 6.07) is 5.69. The van der Waals surface area contributed by atoms with Crippen LogP contribution < -0.4 is 16.6 Å². The van der Waals surface area contributed by atoms with Crippen molar-refractivity contribution in [2.45, 2.75) is 13.0 Å². The summed E-state index contributed by atoms with van der Waals surface area (Å²) in [5, 5.41) is 11.8. The van der Waals surface area contributed by atoms with Crippen LogP contribution in [-0.4, -0.2) is 24.6 Å². The van der Waals surface area contributed by atoms with Gasteiger partial charge >= 0.3 is 5.69 Å². The summed E-state index contributed by atoms with van der Waals surface area (Å²) in [6.07, 6.45) is 1.35. The Morgan fingerprint density at radius 1 is 1.30 bits per heavy atom. The maximum atomic E-state index is 12.6. The van der Waals surface area contributed by atoms with Crippen LogP contribution >= 0.6 is 11.6 Å². The van der Waals surface area contributed by atoms with Crippen molar-refractivity contribution < 1.29 is 4.79 Å². The number of hydrogen-bond acceptors (Lipinski definition) is 5. The van der Waals surface area contributed by atoms with E-state index in [1.54, 1.807) is 13.0 Å². The summed E-state index contributed by atoms with van der Waals surface area (Å²) in [5.74, 6) is -0.411. The third kappa shape index (κ3) is 3.00. The van der Waals surface area contributed by atoms with Gasteiger partial charge in [-0.25, -0.2) is 9.78 Å². The van der Waals surface area contributed by atoms with E-state index in [1.807, 2.05) is 6.07 Å². The first kappa shape index (κ1) is 18.4. The number of carbonyl (C=O) groups excluding carboxylic acids is 1. The number of aromatic nitrogens is 4. The number of hydrogen-bond donors (Lipinski definition) is 1. The molecular weight excluding hydrogens is 372 g/mol. The lowest BCUT2D eigenvalue weighted by atomic mass is 10.2. The Bertz CT molecular complexity index is 1230. The molecule has 1 unspecified atom stereocenters. The van der Waals surface area contributed by atoms with Gasteiger partial charge in [-0.15, -0.1) is 0 Å². The first-order chi connectivity index (χ1) is 12.8. The summed E-state index contributed by atoms with van der Waals surface area (Å²) >= 11 is 5.98. The first-order valence-electron chi connectivity index (χ1n) is 7.89. The normalized spacial score (nSPS) is 12.0. The van der Waals surface area contributed by atoms with Crippen LogP contribution in [0.2, 0.25) is 5.02 Å². The number of rotatable bonds is 3. The lowest BCUT2D eigenvalue weighted by Gasteiger charge is -2.15. The Morgan fingerprint density at radius 2 is 2.00 bits per heavy atom. The molecule has 0 bridgehead atoms. The maximum absolute atomic E-state index is 12.6. The zero-order valence-corrected chi connectivity index (χ0v) is 15.5. The molecule has 10 heteroatoms. The Labute approximate surface area is 158 Å². The molecule has 9 nitrogen and oxygen atoms in total. The SMILES string of the molecule is CC(C(=O)Nc1ccc(C#N)c(Cl)c1)n1cnc2c1c(=O)n(C)c(=O)n2C. The van der Waals surface area contributed by atoms with Gasteiger partial charge in [-0.05, 0) is 25.1 Å². The van der Waals surface area contributed by atoms with E-state index in [0.717, 1.165) is 4.57 Å². The Morgan fingerprint density at radius 3 is 2.63 bits per heavy atom. The number of imidazole rings is 1. The van der Waals surface area contributed by atoms with Crippen molar-refractivity contribution in [2.24, 2.45) is 14.1 Å². The minimum absolute atomic E-state index is 0.153. The average molecular weight is 387 g/mol. The molecule has 0 fully saturated rings. The number of benzene rings is 1. The number of nitrogens with one attached hydrogen (secondary N) is 1. The molecule has 0 aliphatic carbocycles. The molecule has 2 heterocycles. The third-order valence-electron chi connectivity index (χ3n) is 4.33. The molecule has 0 aliphatic heterocycles. The van der Waals surface area contributed by atoms with Crippen molar-refractivity contribution in [1.82, 2.24) is 18.7 Å². The highest BCUT2D eigenvalue weighted by Crippen LogP contribution is 2.22. The van der Waals surface area contributed by atoms with Crippen LogP contribution in [0.25, 0.3) is 11.2 Å². The van der Waals surface area contributed by atoms with E-state index in [1.165, 1.54) is 41.7 Å². The fraction of sp³-hybridized carbons (Fsp3) is 0.235. The van der Waals surface area contributed by atoms with Gasteiger partial charge in [0.15, 0.2) is 11.2 Å². The van der Waals surface area contributed by atoms with Crippen LogP contribution in [-0.2, 0) is 18.9 Å². The van der Waals surface area contributed by atoms with Gasteiger partial charge in [-0.1, -0.05) is 11.6 Å². The second-order valence-corrected chi connectivity index (χ2v) is 6.41. The van der Waals surface area contributed by atoms with Crippen molar-refractivity contribution in [3.63, 3.8) is 0 Å². The van der Waals surface area contributed by atoms with Gasteiger partial charge in [-0.2, -0.15) is 5.26 Å². The number of aryl methyl sites for hydroxylation is 1. The Kier molecular flexibility index (Phi) is 4.59. The molecule has 2 aromatic heterocycles. The van der Waals surface area contributed by atoms with Gasteiger partial charge in [0.05, 0.1) is 16.9 Å². The first-order valence-corrected chi connectivity index (χ1v) is 8.27. The van der Waals surface area contributed by atoms with Crippen LogP contribution in [0.3, 0.4) is 0 Å². The van der Waals surface area contributed by atoms with E-state index in [2.05, 4.69) is 10.3 Å². The number of fused-ring (bicyclic) bond motifs is 1. The fourth-order valence-corrected chi connectivity index (χ4v) is 2.94. The highest BCUT2D eigenvalue weighted by molar-refractivity contribution is 6.32. The number of nitrogens with zero attached hydrogens (tertiary/aromatic N) is 5. The van der Waals surface area contributed by atoms with Gasteiger partial charge < -0.3 is 9.88 Å². The molecule has 1 aromatic carbocycles. The van der Waals surface area contributed by atoms with Crippen molar-refractivity contribution in [1.29, 1.82) is 5.26 Å².